The van der Waals surface area contributed by atoms with E-state index in [9.17, 15) is 5.11 Å². The highest BCUT2D eigenvalue weighted by Gasteiger charge is 2.18. The van der Waals surface area contributed by atoms with Crippen LogP contribution in [-0.2, 0) is 12.8 Å². The molecule has 0 spiro atoms. The minimum atomic E-state index is -0.232. The molecule has 2 aromatic carbocycles. The van der Waals surface area contributed by atoms with Gasteiger partial charge in [-0.05, 0) is 66.1 Å². The summed E-state index contributed by atoms with van der Waals surface area (Å²) in [5.41, 5.74) is 6.63. The summed E-state index contributed by atoms with van der Waals surface area (Å²) in [6, 6.07) is 12.8. The van der Waals surface area contributed by atoms with Crippen molar-refractivity contribution in [2.24, 2.45) is 0 Å². The van der Waals surface area contributed by atoms with Crippen molar-refractivity contribution in [2.45, 2.75) is 32.3 Å². The molecule has 2 aromatic rings. The lowest BCUT2D eigenvalue weighted by Gasteiger charge is -2.07. The fourth-order valence-electron chi connectivity index (χ4n) is 2.76. The van der Waals surface area contributed by atoms with Gasteiger partial charge >= 0.3 is 0 Å². The van der Waals surface area contributed by atoms with Crippen molar-refractivity contribution in [3.63, 3.8) is 0 Å². The fourth-order valence-corrected chi connectivity index (χ4v) is 2.96. The topological polar surface area (TPSA) is 20.2 Å². The van der Waals surface area contributed by atoms with Crippen molar-refractivity contribution in [1.82, 2.24) is 0 Å². The minimum Gasteiger partial charge on any atom is -0.393 e. The monoisotopic (exact) mass is 272 g/mol. The first-order valence-corrected chi connectivity index (χ1v) is 7.10. The summed E-state index contributed by atoms with van der Waals surface area (Å²) in [6.07, 6.45) is 2.48. The molecule has 0 saturated heterocycles. The van der Waals surface area contributed by atoms with Crippen LogP contribution in [-0.4, -0.2) is 11.2 Å². The summed E-state index contributed by atoms with van der Waals surface area (Å²) in [5.74, 6) is 0. The number of aliphatic hydroxyl groups is 1. The number of hydrogen-bond donors (Lipinski definition) is 1. The number of aryl methyl sites for hydroxylation is 1. The van der Waals surface area contributed by atoms with Gasteiger partial charge in [0.25, 0.3) is 0 Å². The first kappa shape index (κ1) is 12.7. The Hall–Kier alpha value is -1.31. The van der Waals surface area contributed by atoms with Gasteiger partial charge in [-0.2, -0.15) is 0 Å². The summed E-state index contributed by atoms with van der Waals surface area (Å²) >= 11 is 6.05. The summed E-state index contributed by atoms with van der Waals surface area (Å²) in [5, 5.41) is 10.2. The molecule has 1 N–H and O–H groups in total. The smallest absolute Gasteiger partial charge is 0.0515 e. The van der Waals surface area contributed by atoms with E-state index in [1.54, 1.807) is 0 Å². The zero-order chi connectivity index (χ0) is 13.4. The third kappa shape index (κ3) is 2.54. The van der Waals surface area contributed by atoms with Gasteiger partial charge in [-0.1, -0.05) is 35.9 Å². The Bertz CT molecular complexity index is 617. The van der Waals surface area contributed by atoms with Crippen molar-refractivity contribution in [2.75, 3.05) is 0 Å². The molecule has 1 nitrogen and oxygen atoms in total. The highest BCUT2D eigenvalue weighted by atomic mass is 35.5. The van der Waals surface area contributed by atoms with Crippen LogP contribution >= 0.6 is 11.6 Å². The number of aliphatic hydroxyl groups excluding tert-OH is 1. The van der Waals surface area contributed by atoms with Crippen LogP contribution in [0.1, 0.15) is 30.0 Å². The molecular weight excluding hydrogens is 256 g/mol. The average Bonchev–Trinajstić information content (AvgIpc) is 2.72. The molecule has 0 radical (unpaired) electrons. The Kier molecular flexibility index (Phi) is 3.34. The van der Waals surface area contributed by atoms with E-state index in [-0.39, 0.29) is 6.10 Å². The van der Waals surface area contributed by atoms with Gasteiger partial charge in [0.05, 0.1) is 6.10 Å². The zero-order valence-corrected chi connectivity index (χ0v) is 11.7. The predicted molar refractivity (Wildman–Crippen MR) is 79.7 cm³/mol. The van der Waals surface area contributed by atoms with Gasteiger partial charge in [-0.25, -0.2) is 0 Å². The summed E-state index contributed by atoms with van der Waals surface area (Å²) in [6.45, 7) is 1.84. The van der Waals surface area contributed by atoms with Gasteiger partial charge in [-0.15, -0.1) is 0 Å². The molecular formula is C17H17ClO. The standard InChI is InChI=1S/C17H17ClO/c1-11(19)2-3-12-4-6-16-13(8-12)9-14-10-15(18)5-7-17(14)16/h4-8,10-11,19H,2-3,9H2,1H3. The minimum absolute atomic E-state index is 0.232. The molecule has 3 rings (SSSR count). The molecule has 19 heavy (non-hydrogen) atoms. The summed E-state index contributed by atoms with van der Waals surface area (Å²) < 4.78 is 0. The lowest BCUT2D eigenvalue weighted by atomic mass is 10.0. The van der Waals surface area contributed by atoms with Crippen LogP contribution in [0.15, 0.2) is 36.4 Å². The lowest BCUT2D eigenvalue weighted by Crippen LogP contribution is -2.01. The van der Waals surface area contributed by atoms with Gasteiger partial charge in [0.1, 0.15) is 0 Å². The van der Waals surface area contributed by atoms with Crippen molar-refractivity contribution >= 4 is 11.6 Å². The van der Waals surface area contributed by atoms with E-state index in [0.717, 1.165) is 24.3 Å². The largest absolute Gasteiger partial charge is 0.393 e. The summed E-state index contributed by atoms with van der Waals surface area (Å²) in [7, 11) is 0. The van der Waals surface area contributed by atoms with Gasteiger partial charge in [0, 0.05) is 5.02 Å². The molecule has 0 heterocycles. The van der Waals surface area contributed by atoms with Crippen molar-refractivity contribution < 1.29 is 5.11 Å². The van der Waals surface area contributed by atoms with E-state index in [1.807, 2.05) is 13.0 Å². The predicted octanol–water partition coefficient (Wildman–Crippen LogP) is 4.22. The average molecular weight is 273 g/mol. The molecule has 0 saturated carbocycles. The molecule has 98 valence electrons. The fraction of sp³-hybridized carbons (Fsp3) is 0.294. The molecule has 0 aliphatic heterocycles. The number of rotatable bonds is 3. The van der Waals surface area contributed by atoms with Crippen LogP contribution in [0.2, 0.25) is 5.02 Å². The second-order valence-corrected chi connectivity index (χ2v) is 5.79. The third-order valence-corrected chi connectivity index (χ3v) is 3.99. The lowest BCUT2D eigenvalue weighted by molar-refractivity contribution is 0.185. The molecule has 0 bridgehead atoms. The molecule has 1 atom stereocenters. The van der Waals surface area contributed by atoms with E-state index in [2.05, 4.69) is 30.3 Å². The van der Waals surface area contributed by atoms with Gasteiger partial charge < -0.3 is 5.11 Å². The Labute approximate surface area is 118 Å². The van der Waals surface area contributed by atoms with Crippen molar-refractivity contribution in [1.29, 1.82) is 0 Å². The van der Waals surface area contributed by atoms with Crippen molar-refractivity contribution in [3.05, 3.63) is 58.1 Å². The molecule has 2 heteroatoms. The Morgan fingerprint density at radius 3 is 2.53 bits per heavy atom. The molecule has 0 aromatic heterocycles. The molecule has 0 amide bonds. The first-order valence-electron chi connectivity index (χ1n) is 6.72. The van der Waals surface area contributed by atoms with Crippen LogP contribution in [0.25, 0.3) is 11.1 Å². The Morgan fingerprint density at radius 1 is 1.11 bits per heavy atom. The number of fused-ring (bicyclic) bond motifs is 3. The van der Waals surface area contributed by atoms with Crippen LogP contribution in [0.4, 0.5) is 0 Å². The maximum Gasteiger partial charge on any atom is 0.0515 e. The maximum atomic E-state index is 9.36. The van der Waals surface area contributed by atoms with E-state index in [4.69, 9.17) is 11.6 Å². The SMILES string of the molecule is CC(O)CCc1ccc2c(c1)Cc1cc(Cl)ccc1-2. The zero-order valence-electron chi connectivity index (χ0n) is 11.0. The molecule has 0 fully saturated rings. The molecule has 1 aliphatic rings. The highest BCUT2D eigenvalue weighted by molar-refractivity contribution is 6.30. The van der Waals surface area contributed by atoms with Crippen LogP contribution in [0.3, 0.4) is 0 Å². The second-order valence-electron chi connectivity index (χ2n) is 5.36. The first-order chi connectivity index (χ1) is 9.13. The number of benzene rings is 2. The molecule has 1 unspecified atom stereocenters. The molecule has 1 aliphatic carbocycles. The van der Waals surface area contributed by atoms with E-state index in [0.29, 0.717) is 0 Å². The van der Waals surface area contributed by atoms with Gasteiger partial charge in [0.2, 0.25) is 0 Å². The van der Waals surface area contributed by atoms with Gasteiger partial charge in [-0.3, -0.25) is 0 Å². The van der Waals surface area contributed by atoms with E-state index in [1.165, 1.54) is 27.8 Å². The third-order valence-electron chi connectivity index (χ3n) is 3.76. The Balaban J connectivity index is 1.90. The quantitative estimate of drug-likeness (QED) is 0.757. The van der Waals surface area contributed by atoms with E-state index < -0.39 is 0 Å². The number of halogens is 1. The Morgan fingerprint density at radius 2 is 1.79 bits per heavy atom. The summed E-state index contributed by atoms with van der Waals surface area (Å²) in [4.78, 5) is 0. The number of hydrogen-bond acceptors (Lipinski definition) is 1. The van der Waals surface area contributed by atoms with E-state index >= 15 is 0 Å². The normalized spacial score (nSPS) is 14.1. The van der Waals surface area contributed by atoms with Crippen LogP contribution in [0, 0.1) is 0 Å². The second kappa shape index (κ2) is 4.99. The highest BCUT2D eigenvalue weighted by Crippen LogP contribution is 2.38. The van der Waals surface area contributed by atoms with Crippen molar-refractivity contribution in [3.8, 4) is 11.1 Å². The maximum absolute atomic E-state index is 9.36. The van der Waals surface area contributed by atoms with Crippen LogP contribution < -0.4 is 0 Å². The van der Waals surface area contributed by atoms with Gasteiger partial charge in [0.15, 0.2) is 0 Å². The van der Waals surface area contributed by atoms with Crippen LogP contribution in [0.5, 0.6) is 0 Å².